The van der Waals surface area contributed by atoms with Crippen LogP contribution < -0.4 is 15.4 Å². The Balaban J connectivity index is 1.79. The zero-order valence-electron chi connectivity index (χ0n) is 12.0. The van der Waals surface area contributed by atoms with Gasteiger partial charge in [-0.05, 0) is 42.5 Å². The molecule has 0 heterocycles. The van der Waals surface area contributed by atoms with Crippen LogP contribution in [0.1, 0.15) is 6.42 Å². The molecule has 0 aliphatic carbocycles. The highest BCUT2D eigenvalue weighted by Gasteiger charge is 2.04. The van der Waals surface area contributed by atoms with Crippen LogP contribution >= 0.6 is 23.2 Å². The van der Waals surface area contributed by atoms with Gasteiger partial charge in [-0.15, -0.1) is 0 Å². The number of ether oxygens (including phenoxy) is 1. The highest BCUT2D eigenvalue weighted by molar-refractivity contribution is 6.35. The van der Waals surface area contributed by atoms with Crippen molar-refractivity contribution in [2.45, 2.75) is 6.42 Å². The molecule has 0 saturated carbocycles. The van der Waals surface area contributed by atoms with Crippen molar-refractivity contribution in [3.05, 3.63) is 52.5 Å². The molecule has 2 aromatic carbocycles. The maximum Gasteiger partial charge on any atom is 0.226 e. The second-order valence-electron chi connectivity index (χ2n) is 4.61. The van der Waals surface area contributed by atoms with Crippen molar-refractivity contribution < 1.29 is 9.53 Å². The SMILES string of the molecule is COc1ccc(NCCC(=O)Nc2cc(Cl)cc(Cl)c2)cc1. The fraction of sp³-hybridized carbons (Fsp3) is 0.188. The molecule has 2 aromatic rings. The summed E-state index contributed by atoms with van der Waals surface area (Å²) in [5.41, 5.74) is 1.52. The van der Waals surface area contributed by atoms with Crippen LogP contribution in [0.5, 0.6) is 5.75 Å². The quantitative estimate of drug-likeness (QED) is 0.818. The molecule has 0 radical (unpaired) electrons. The van der Waals surface area contributed by atoms with Crippen molar-refractivity contribution in [1.82, 2.24) is 0 Å². The topological polar surface area (TPSA) is 50.4 Å². The largest absolute Gasteiger partial charge is 0.497 e. The third-order valence-corrected chi connectivity index (χ3v) is 3.35. The minimum absolute atomic E-state index is 0.112. The van der Waals surface area contributed by atoms with Crippen molar-refractivity contribution in [1.29, 1.82) is 0 Å². The van der Waals surface area contributed by atoms with E-state index in [1.54, 1.807) is 25.3 Å². The van der Waals surface area contributed by atoms with Gasteiger partial charge in [0.1, 0.15) is 5.75 Å². The summed E-state index contributed by atoms with van der Waals surface area (Å²) in [6.07, 6.45) is 0.330. The van der Waals surface area contributed by atoms with Crippen LogP contribution in [-0.2, 0) is 4.79 Å². The van der Waals surface area contributed by atoms with Gasteiger partial charge in [0.25, 0.3) is 0 Å². The molecule has 0 spiro atoms. The van der Waals surface area contributed by atoms with E-state index in [1.807, 2.05) is 24.3 Å². The first kappa shape index (κ1) is 16.5. The Bertz CT molecular complexity index is 625. The fourth-order valence-corrected chi connectivity index (χ4v) is 2.40. The van der Waals surface area contributed by atoms with Gasteiger partial charge in [-0.25, -0.2) is 0 Å². The molecule has 0 atom stereocenters. The van der Waals surface area contributed by atoms with E-state index < -0.39 is 0 Å². The van der Waals surface area contributed by atoms with Crippen LogP contribution in [0.15, 0.2) is 42.5 Å². The highest BCUT2D eigenvalue weighted by atomic mass is 35.5. The van der Waals surface area contributed by atoms with Crippen LogP contribution in [0.2, 0.25) is 10.0 Å². The zero-order valence-corrected chi connectivity index (χ0v) is 13.5. The molecule has 2 rings (SSSR count). The molecule has 0 fully saturated rings. The number of benzene rings is 2. The summed E-state index contributed by atoms with van der Waals surface area (Å²) >= 11 is 11.8. The van der Waals surface area contributed by atoms with E-state index in [4.69, 9.17) is 27.9 Å². The molecular formula is C16H16Cl2N2O2. The van der Waals surface area contributed by atoms with Crippen LogP contribution in [0.4, 0.5) is 11.4 Å². The monoisotopic (exact) mass is 338 g/mol. The Morgan fingerprint density at radius 3 is 2.27 bits per heavy atom. The van der Waals surface area contributed by atoms with Crippen molar-refractivity contribution in [3.63, 3.8) is 0 Å². The number of nitrogens with one attached hydrogen (secondary N) is 2. The number of rotatable bonds is 6. The Morgan fingerprint density at radius 2 is 1.68 bits per heavy atom. The van der Waals surface area contributed by atoms with Gasteiger partial charge < -0.3 is 15.4 Å². The predicted octanol–water partition coefficient (Wildman–Crippen LogP) is 4.44. The fourth-order valence-electron chi connectivity index (χ4n) is 1.88. The first-order valence-electron chi connectivity index (χ1n) is 6.70. The lowest BCUT2D eigenvalue weighted by Gasteiger charge is -2.09. The summed E-state index contributed by atoms with van der Waals surface area (Å²) in [7, 11) is 1.62. The van der Waals surface area contributed by atoms with Crippen LogP contribution in [-0.4, -0.2) is 19.6 Å². The summed E-state index contributed by atoms with van der Waals surface area (Å²) in [5.74, 6) is 0.681. The molecule has 116 valence electrons. The third-order valence-electron chi connectivity index (χ3n) is 2.92. The van der Waals surface area contributed by atoms with Crippen molar-refractivity contribution in [3.8, 4) is 5.75 Å². The number of carbonyl (C=O) groups is 1. The maximum atomic E-state index is 11.9. The predicted molar refractivity (Wildman–Crippen MR) is 91.2 cm³/mol. The van der Waals surface area contributed by atoms with Crippen LogP contribution in [0.25, 0.3) is 0 Å². The van der Waals surface area contributed by atoms with E-state index >= 15 is 0 Å². The molecule has 0 saturated heterocycles. The minimum atomic E-state index is -0.112. The molecule has 0 aliphatic heterocycles. The van der Waals surface area contributed by atoms with Gasteiger partial charge in [0, 0.05) is 34.4 Å². The molecule has 1 amide bonds. The molecule has 0 unspecified atom stereocenters. The van der Waals surface area contributed by atoms with Crippen molar-refractivity contribution >= 4 is 40.5 Å². The third kappa shape index (κ3) is 5.13. The van der Waals surface area contributed by atoms with E-state index in [9.17, 15) is 4.79 Å². The average Bonchev–Trinajstić information content (AvgIpc) is 2.47. The highest BCUT2D eigenvalue weighted by Crippen LogP contribution is 2.22. The molecule has 4 nitrogen and oxygen atoms in total. The van der Waals surface area contributed by atoms with Crippen molar-refractivity contribution in [2.75, 3.05) is 24.3 Å². The average molecular weight is 339 g/mol. The van der Waals surface area contributed by atoms with E-state index in [-0.39, 0.29) is 5.91 Å². The Kier molecular flexibility index (Phi) is 5.92. The Labute approximate surface area is 139 Å². The van der Waals surface area contributed by atoms with Gasteiger partial charge in [0.2, 0.25) is 5.91 Å². The lowest BCUT2D eigenvalue weighted by Crippen LogP contribution is -2.16. The smallest absolute Gasteiger partial charge is 0.226 e. The molecular weight excluding hydrogens is 323 g/mol. The summed E-state index contributed by atoms with van der Waals surface area (Å²) < 4.78 is 5.08. The normalized spacial score (nSPS) is 10.1. The first-order valence-corrected chi connectivity index (χ1v) is 7.46. The van der Waals surface area contributed by atoms with E-state index in [0.29, 0.717) is 28.7 Å². The summed E-state index contributed by atoms with van der Waals surface area (Å²) in [6, 6.07) is 12.4. The molecule has 0 aliphatic rings. The van der Waals surface area contributed by atoms with Crippen molar-refractivity contribution in [2.24, 2.45) is 0 Å². The molecule has 6 heteroatoms. The van der Waals surface area contributed by atoms with E-state index in [2.05, 4.69) is 10.6 Å². The summed E-state index contributed by atoms with van der Waals surface area (Å²) in [5, 5.41) is 6.90. The summed E-state index contributed by atoms with van der Waals surface area (Å²) in [6.45, 7) is 0.520. The van der Waals surface area contributed by atoms with E-state index in [0.717, 1.165) is 11.4 Å². The molecule has 22 heavy (non-hydrogen) atoms. The maximum absolute atomic E-state index is 11.9. The molecule has 0 bridgehead atoms. The van der Waals surface area contributed by atoms with Gasteiger partial charge in [0.05, 0.1) is 7.11 Å². The Hall–Kier alpha value is -1.91. The second kappa shape index (κ2) is 7.92. The van der Waals surface area contributed by atoms with Gasteiger partial charge in [-0.2, -0.15) is 0 Å². The number of hydrogen-bond donors (Lipinski definition) is 2. The zero-order chi connectivity index (χ0) is 15.9. The first-order chi connectivity index (χ1) is 10.6. The summed E-state index contributed by atoms with van der Waals surface area (Å²) in [4.78, 5) is 11.9. The minimum Gasteiger partial charge on any atom is -0.497 e. The number of hydrogen-bond acceptors (Lipinski definition) is 3. The lowest BCUT2D eigenvalue weighted by molar-refractivity contribution is -0.115. The molecule has 2 N–H and O–H groups in total. The van der Waals surface area contributed by atoms with Gasteiger partial charge >= 0.3 is 0 Å². The van der Waals surface area contributed by atoms with E-state index in [1.165, 1.54) is 0 Å². The number of anilines is 2. The lowest BCUT2D eigenvalue weighted by atomic mass is 10.3. The van der Waals surface area contributed by atoms with Gasteiger partial charge in [0.15, 0.2) is 0 Å². The second-order valence-corrected chi connectivity index (χ2v) is 5.48. The number of amides is 1. The number of carbonyl (C=O) groups excluding carboxylic acids is 1. The molecule has 0 aromatic heterocycles. The number of halogens is 2. The van der Waals surface area contributed by atoms with Crippen LogP contribution in [0.3, 0.4) is 0 Å². The standard InChI is InChI=1S/C16H16Cl2N2O2/c1-22-15-4-2-13(3-5-15)19-7-6-16(21)20-14-9-11(17)8-12(18)10-14/h2-5,8-10,19H,6-7H2,1H3,(H,20,21). The van der Waals surface area contributed by atoms with Crippen LogP contribution in [0, 0.1) is 0 Å². The van der Waals surface area contributed by atoms with Gasteiger partial charge in [-0.3, -0.25) is 4.79 Å². The van der Waals surface area contributed by atoms with Gasteiger partial charge in [-0.1, -0.05) is 23.2 Å². The Morgan fingerprint density at radius 1 is 1.05 bits per heavy atom. The number of methoxy groups -OCH3 is 1.